The summed E-state index contributed by atoms with van der Waals surface area (Å²) in [7, 11) is 1.81. The van der Waals surface area contributed by atoms with Crippen molar-refractivity contribution in [1.82, 2.24) is 9.55 Å². The van der Waals surface area contributed by atoms with E-state index in [0.29, 0.717) is 27.9 Å². The van der Waals surface area contributed by atoms with Gasteiger partial charge in [-0.1, -0.05) is 43.3 Å². The Bertz CT molecular complexity index is 2010. The number of hydrogen-bond acceptors (Lipinski definition) is 5. The number of nitrogens with one attached hydrogen (secondary N) is 1. The summed E-state index contributed by atoms with van der Waals surface area (Å²) >= 11 is 0. The normalized spacial score (nSPS) is 11.2. The second-order valence-corrected chi connectivity index (χ2v) is 9.76. The van der Waals surface area contributed by atoms with Crippen LogP contribution in [0.15, 0.2) is 94.5 Å². The molecule has 0 aliphatic heterocycles. The number of pyridine rings is 2. The number of anilines is 1. The van der Waals surface area contributed by atoms with E-state index in [1.165, 1.54) is 18.3 Å². The highest BCUT2D eigenvalue weighted by atomic mass is 19.1. The van der Waals surface area contributed by atoms with Crippen LogP contribution in [-0.4, -0.2) is 15.5 Å². The van der Waals surface area contributed by atoms with Crippen molar-refractivity contribution in [2.45, 2.75) is 20.3 Å². The number of ether oxygens (including phenoxy) is 1. The van der Waals surface area contributed by atoms with Gasteiger partial charge in [-0.25, -0.2) is 9.37 Å². The minimum atomic E-state index is -0.687. The zero-order chi connectivity index (χ0) is 28.7. The molecule has 0 fully saturated rings. The Morgan fingerprint density at radius 2 is 1.85 bits per heavy atom. The van der Waals surface area contributed by atoms with E-state index in [4.69, 9.17) is 9.15 Å². The minimum absolute atomic E-state index is 0.0153. The van der Waals surface area contributed by atoms with Crippen LogP contribution in [0, 0.1) is 12.7 Å². The predicted molar refractivity (Wildman–Crippen MR) is 157 cm³/mol. The first-order valence-corrected chi connectivity index (χ1v) is 13.2. The lowest BCUT2D eigenvalue weighted by Gasteiger charge is -2.15. The quantitative estimate of drug-likeness (QED) is 0.235. The van der Waals surface area contributed by atoms with Crippen molar-refractivity contribution in [1.29, 1.82) is 0 Å². The van der Waals surface area contributed by atoms with Gasteiger partial charge in [-0.3, -0.25) is 9.59 Å². The Labute approximate surface area is 234 Å². The summed E-state index contributed by atoms with van der Waals surface area (Å²) in [6.45, 7) is 3.72. The lowest BCUT2D eigenvalue weighted by molar-refractivity contribution is 0.102. The maximum Gasteiger partial charge on any atom is 0.261 e. The summed E-state index contributed by atoms with van der Waals surface area (Å²) in [5.74, 6) is -0.962. The van der Waals surface area contributed by atoms with Crippen LogP contribution in [0.3, 0.4) is 0 Å². The van der Waals surface area contributed by atoms with Crippen molar-refractivity contribution in [3.63, 3.8) is 0 Å². The minimum Gasteiger partial charge on any atom is -0.453 e. The van der Waals surface area contributed by atoms with E-state index in [2.05, 4.69) is 10.3 Å². The summed E-state index contributed by atoms with van der Waals surface area (Å²) < 4.78 is 28.7. The van der Waals surface area contributed by atoms with Gasteiger partial charge in [-0.2, -0.15) is 0 Å². The summed E-state index contributed by atoms with van der Waals surface area (Å²) in [6, 6.07) is 21.1. The standard InChI is InChI=1S/C33H26FN3O4/c1-4-20-10-12-26-23(16-20)31(38)29(19(2)37(26)3)32(39)36-22-11-13-27(25(34)17-22)41-28-14-15-35-33-30(28)24(18-40-33)21-8-6-5-7-9-21/h5-18H,4H2,1-3H3,(H,36,39). The Morgan fingerprint density at radius 3 is 2.61 bits per heavy atom. The first kappa shape index (κ1) is 26.0. The molecule has 0 aliphatic rings. The molecule has 0 aliphatic carbocycles. The van der Waals surface area contributed by atoms with Gasteiger partial charge in [-0.15, -0.1) is 0 Å². The number of rotatable bonds is 6. The van der Waals surface area contributed by atoms with Crippen LogP contribution in [-0.2, 0) is 13.5 Å². The van der Waals surface area contributed by atoms with E-state index >= 15 is 4.39 Å². The van der Waals surface area contributed by atoms with E-state index in [0.717, 1.165) is 34.7 Å². The number of benzene rings is 3. The lowest BCUT2D eigenvalue weighted by Crippen LogP contribution is -2.26. The van der Waals surface area contributed by atoms with Crippen molar-refractivity contribution < 1.29 is 18.3 Å². The first-order valence-electron chi connectivity index (χ1n) is 13.2. The molecule has 3 aromatic heterocycles. The molecule has 204 valence electrons. The molecule has 1 amide bonds. The third kappa shape index (κ3) is 4.63. The van der Waals surface area contributed by atoms with Crippen LogP contribution >= 0.6 is 0 Å². The lowest BCUT2D eigenvalue weighted by atomic mass is 10.0. The molecule has 6 aromatic rings. The average Bonchev–Trinajstić information content (AvgIpc) is 3.43. The number of fused-ring (bicyclic) bond motifs is 2. The molecule has 0 saturated carbocycles. The van der Waals surface area contributed by atoms with Crippen molar-refractivity contribution >= 4 is 33.6 Å². The van der Waals surface area contributed by atoms with Crippen LogP contribution in [0.25, 0.3) is 33.1 Å². The maximum atomic E-state index is 15.3. The Balaban J connectivity index is 1.30. The number of carbonyl (C=O) groups excluding carboxylic acids is 1. The topological polar surface area (TPSA) is 86.4 Å². The summed E-state index contributed by atoms with van der Waals surface area (Å²) in [5, 5.41) is 3.76. The van der Waals surface area contributed by atoms with Crippen LogP contribution < -0.4 is 15.5 Å². The number of nitrogens with zero attached hydrogens (tertiary/aromatic N) is 2. The molecule has 0 radical (unpaired) electrons. The van der Waals surface area contributed by atoms with Crippen molar-refractivity contribution in [2.75, 3.05) is 5.32 Å². The third-order valence-electron chi connectivity index (χ3n) is 7.32. The fourth-order valence-corrected chi connectivity index (χ4v) is 5.02. The number of halogens is 1. The monoisotopic (exact) mass is 547 g/mol. The molecule has 0 spiro atoms. The molecule has 0 unspecified atom stereocenters. The summed E-state index contributed by atoms with van der Waals surface area (Å²) in [4.78, 5) is 30.9. The van der Waals surface area contributed by atoms with E-state index < -0.39 is 11.7 Å². The van der Waals surface area contributed by atoms with Gasteiger partial charge in [0.05, 0.1) is 10.9 Å². The highest BCUT2D eigenvalue weighted by Crippen LogP contribution is 2.38. The van der Waals surface area contributed by atoms with Gasteiger partial charge in [0.1, 0.15) is 17.6 Å². The van der Waals surface area contributed by atoms with Crippen molar-refractivity contribution in [3.8, 4) is 22.6 Å². The fraction of sp³-hybridized carbons (Fsp3) is 0.121. The number of furan rings is 1. The predicted octanol–water partition coefficient (Wildman–Crippen LogP) is 7.40. The second-order valence-electron chi connectivity index (χ2n) is 9.76. The summed E-state index contributed by atoms with van der Waals surface area (Å²) in [6.07, 6.45) is 3.89. The number of amides is 1. The van der Waals surface area contributed by atoms with E-state index in [9.17, 15) is 9.59 Å². The largest absolute Gasteiger partial charge is 0.453 e. The van der Waals surface area contributed by atoms with Gasteiger partial charge in [0.15, 0.2) is 11.6 Å². The molecule has 0 saturated heterocycles. The van der Waals surface area contributed by atoms with Gasteiger partial charge in [0.2, 0.25) is 11.1 Å². The number of carbonyl (C=O) groups is 1. The molecule has 3 aromatic carbocycles. The zero-order valence-electron chi connectivity index (χ0n) is 22.7. The van der Waals surface area contributed by atoms with Crippen LogP contribution in [0.2, 0.25) is 0 Å². The Morgan fingerprint density at radius 1 is 1.05 bits per heavy atom. The zero-order valence-corrected chi connectivity index (χ0v) is 22.7. The number of hydrogen-bond donors (Lipinski definition) is 1. The molecule has 0 bridgehead atoms. The van der Waals surface area contributed by atoms with Crippen LogP contribution in [0.1, 0.15) is 28.5 Å². The van der Waals surface area contributed by atoms with Crippen molar-refractivity contribution in [2.24, 2.45) is 7.05 Å². The van der Waals surface area contributed by atoms with Crippen LogP contribution in [0.5, 0.6) is 11.5 Å². The van der Waals surface area contributed by atoms with Gasteiger partial charge in [-0.05, 0) is 48.7 Å². The number of aryl methyl sites for hydroxylation is 2. The van der Waals surface area contributed by atoms with Crippen molar-refractivity contribution in [3.05, 3.63) is 118 Å². The summed E-state index contributed by atoms with van der Waals surface area (Å²) in [5.41, 5.74) is 4.14. The highest BCUT2D eigenvalue weighted by molar-refractivity contribution is 6.07. The Kier molecular flexibility index (Phi) is 6.59. The number of aromatic nitrogens is 2. The first-order chi connectivity index (χ1) is 19.9. The third-order valence-corrected chi connectivity index (χ3v) is 7.32. The van der Waals surface area contributed by atoms with Gasteiger partial charge in [0.25, 0.3) is 5.91 Å². The van der Waals surface area contributed by atoms with Gasteiger partial charge >= 0.3 is 0 Å². The highest BCUT2D eigenvalue weighted by Gasteiger charge is 2.21. The SMILES string of the molecule is CCc1ccc2c(c1)c(=O)c(C(=O)Nc1ccc(Oc3ccnc4occ(-c5ccccc5)c34)c(F)c1)c(C)n2C. The molecule has 0 atom stereocenters. The molecule has 7 nitrogen and oxygen atoms in total. The van der Waals surface area contributed by atoms with Gasteiger partial charge in [0, 0.05) is 47.7 Å². The van der Waals surface area contributed by atoms with Crippen LogP contribution in [0.4, 0.5) is 10.1 Å². The maximum absolute atomic E-state index is 15.3. The van der Waals surface area contributed by atoms with E-state index in [1.54, 1.807) is 19.3 Å². The van der Waals surface area contributed by atoms with E-state index in [1.807, 2.05) is 67.1 Å². The molecule has 6 rings (SSSR count). The molecular weight excluding hydrogens is 521 g/mol. The molecule has 41 heavy (non-hydrogen) atoms. The Hall–Kier alpha value is -5.24. The van der Waals surface area contributed by atoms with E-state index in [-0.39, 0.29) is 22.4 Å². The average molecular weight is 548 g/mol. The molecule has 8 heteroatoms. The molecular formula is C33H26FN3O4. The molecule has 3 heterocycles. The second kappa shape index (κ2) is 10.4. The van der Waals surface area contributed by atoms with Gasteiger partial charge < -0.3 is 19.0 Å². The smallest absolute Gasteiger partial charge is 0.261 e. The fourth-order valence-electron chi connectivity index (χ4n) is 5.02. The molecule has 1 N–H and O–H groups in total.